The molecule has 1 aliphatic rings. The lowest BCUT2D eigenvalue weighted by molar-refractivity contribution is 0.0342. The lowest BCUT2D eigenvalue weighted by Crippen LogP contribution is -2.35. The van der Waals surface area contributed by atoms with Gasteiger partial charge in [0.15, 0.2) is 11.5 Å². The van der Waals surface area contributed by atoms with E-state index in [-0.39, 0.29) is 17.2 Å². The van der Waals surface area contributed by atoms with E-state index < -0.39 is 0 Å². The number of pyridine rings is 1. The van der Waals surface area contributed by atoms with Gasteiger partial charge in [0, 0.05) is 64.4 Å². The molecule has 1 fully saturated rings. The van der Waals surface area contributed by atoms with Crippen molar-refractivity contribution in [3.63, 3.8) is 0 Å². The van der Waals surface area contributed by atoms with Crippen LogP contribution in [-0.2, 0) is 23.2 Å². The van der Waals surface area contributed by atoms with Crippen LogP contribution in [0.4, 0.5) is 10.6 Å². The molecule has 0 unspecified atom stereocenters. The van der Waals surface area contributed by atoms with Crippen LogP contribution < -0.4 is 10.6 Å². The van der Waals surface area contributed by atoms with Crippen molar-refractivity contribution in [2.24, 2.45) is 0 Å². The Labute approximate surface area is 322 Å². The van der Waals surface area contributed by atoms with Crippen LogP contribution in [0.2, 0.25) is 5.02 Å². The summed E-state index contributed by atoms with van der Waals surface area (Å²) < 4.78 is 9.20. The number of aromatic hydroxyl groups is 1. The highest BCUT2D eigenvalue weighted by Gasteiger charge is 2.26. The van der Waals surface area contributed by atoms with E-state index in [4.69, 9.17) is 21.4 Å². The highest BCUT2D eigenvalue weighted by atomic mass is 35.5. The Morgan fingerprint density at radius 2 is 1.83 bits per heavy atom. The van der Waals surface area contributed by atoms with Gasteiger partial charge in [-0.2, -0.15) is 16.9 Å². The van der Waals surface area contributed by atoms with Gasteiger partial charge in [-0.05, 0) is 65.9 Å². The first-order valence-corrected chi connectivity index (χ1v) is 19.9. The van der Waals surface area contributed by atoms with E-state index in [1.54, 1.807) is 41.7 Å². The van der Waals surface area contributed by atoms with Crippen molar-refractivity contribution in [1.29, 1.82) is 0 Å². The molecule has 0 aliphatic carbocycles. The third kappa shape index (κ3) is 8.66. The van der Waals surface area contributed by atoms with Crippen LogP contribution in [0, 0.1) is 0 Å². The first kappa shape index (κ1) is 36.8. The van der Waals surface area contributed by atoms with E-state index in [0.717, 1.165) is 65.3 Å². The van der Waals surface area contributed by atoms with Gasteiger partial charge in [0.05, 0.1) is 30.2 Å². The van der Waals surface area contributed by atoms with Gasteiger partial charge < -0.3 is 15.2 Å². The van der Waals surface area contributed by atoms with Gasteiger partial charge in [-0.25, -0.2) is 9.48 Å². The normalized spacial score (nSPS) is 13.7. The molecule has 11 nitrogen and oxygen atoms in total. The second kappa shape index (κ2) is 16.2. The molecule has 7 rings (SSSR count). The number of nitrogens with one attached hydrogen (secondary N) is 2. The molecule has 14 heteroatoms. The van der Waals surface area contributed by atoms with Crippen LogP contribution in [0.3, 0.4) is 0 Å². The Morgan fingerprint density at radius 1 is 1.00 bits per heavy atom. The summed E-state index contributed by atoms with van der Waals surface area (Å²) in [4.78, 5) is 17.9. The Hall–Kier alpha value is -4.53. The average molecular weight is 769 g/mol. The monoisotopic (exact) mass is 768 g/mol. The molecule has 1 aliphatic heterocycles. The Balaban J connectivity index is 1.08. The maximum atomic E-state index is 13.6. The molecular formula is C39H41ClN8O3S2. The molecule has 0 radical (unpaired) electrons. The molecule has 3 aromatic carbocycles. The number of rotatable bonds is 12. The quantitative estimate of drug-likeness (QED) is 0.114. The number of aromatic nitrogens is 5. The summed E-state index contributed by atoms with van der Waals surface area (Å²) in [6.45, 7) is 8.77. The largest absolute Gasteiger partial charge is 0.507 e. The maximum absolute atomic E-state index is 13.6. The summed E-state index contributed by atoms with van der Waals surface area (Å²) in [5.41, 5.74) is 4.85. The van der Waals surface area contributed by atoms with Crippen LogP contribution in [0.5, 0.6) is 5.75 Å². The zero-order valence-electron chi connectivity index (χ0n) is 29.8. The van der Waals surface area contributed by atoms with Crippen molar-refractivity contribution < 1.29 is 14.6 Å². The van der Waals surface area contributed by atoms with Crippen molar-refractivity contribution in [1.82, 2.24) is 34.6 Å². The summed E-state index contributed by atoms with van der Waals surface area (Å²) in [6.07, 6.45) is 4.02. The maximum Gasteiger partial charge on any atom is 0.320 e. The molecule has 53 heavy (non-hydrogen) atoms. The fraction of sp³-hybridized carbons (Fsp3) is 0.282. The molecule has 0 spiro atoms. The molecule has 2 amide bonds. The van der Waals surface area contributed by atoms with Gasteiger partial charge in [0.2, 0.25) is 0 Å². The number of morpholine rings is 1. The van der Waals surface area contributed by atoms with Gasteiger partial charge in [0.25, 0.3) is 0 Å². The first-order chi connectivity index (χ1) is 25.7. The Bertz CT molecular complexity index is 2230. The number of urea groups is 1. The molecule has 3 aromatic heterocycles. The molecule has 6 aromatic rings. The van der Waals surface area contributed by atoms with Crippen LogP contribution in [-0.4, -0.2) is 78.7 Å². The predicted molar refractivity (Wildman–Crippen MR) is 213 cm³/mol. The van der Waals surface area contributed by atoms with Gasteiger partial charge in [-0.1, -0.05) is 67.5 Å². The smallest absolute Gasteiger partial charge is 0.320 e. The predicted octanol–water partition coefficient (Wildman–Crippen LogP) is 7.89. The Kier molecular flexibility index (Phi) is 11.3. The number of anilines is 1. The minimum atomic E-state index is -0.332. The number of carbonyl (C=O) groups is 1. The number of phenolic OH excluding ortho intramolecular Hbond substituents is 1. The number of nitrogens with zero attached hydrogens (tertiary/aromatic N) is 6. The number of hydrogen-bond donors (Lipinski definition) is 3. The zero-order valence-corrected chi connectivity index (χ0v) is 32.1. The summed E-state index contributed by atoms with van der Waals surface area (Å²) >= 11 is 9.55. The molecule has 0 atom stereocenters. The molecule has 0 bridgehead atoms. The number of thioether (sulfide) groups is 1. The third-order valence-electron chi connectivity index (χ3n) is 9.03. The Morgan fingerprint density at radius 3 is 2.66 bits per heavy atom. The van der Waals surface area contributed by atoms with Gasteiger partial charge >= 0.3 is 6.03 Å². The molecule has 1 saturated heterocycles. The van der Waals surface area contributed by atoms with E-state index in [2.05, 4.69) is 58.0 Å². The fourth-order valence-corrected chi connectivity index (χ4v) is 8.26. The second-order valence-corrected chi connectivity index (χ2v) is 15.9. The lowest BCUT2D eigenvalue weighted by atomic mass is 9.92. The standard InChI is InChI=1S/C39H41ClN8O3S2/c1-39(2,25-52-3)34-21-36(48(45-34)29-9-6-7-26(19-29)23-46-15-17-51-18-16-46)42-38(50)41-22-27-8-4-5-10-33(27)53-30-12-14-35-43-44-37(47(35)24-30)31-20-28(40)11-13-32(31)49/h4-14,19-21,24,49H,15-18,22-23,25H2,1-3H3,(H2,41,42,50). The zero-order chi connectivity index (χ0) is 37.0. The minimum Gasteiger partial charge on any atom is -0.507 e. The number of ether oxygens (including phenoxy) is 1. The van der Waals surface area contributed by atoms with Crippen molar-refractivity contribution in [2.45, 2.75) is 42.1 Å². The SMILES string of the molecule is CSCC(C)(C)c1cc(NC(=O)NCc2ccccc2Sc2ccc3nnc(-c4cc(Cl)ccc4O)n3c2)n(-c2cccc(CN3CCOCC3)c2)n1. The number of halogens is 1. The average Bonchev–Trinajstić information content (AvgIpc) is 3.78. The summed E-state index contributed by atoms with van der Waals surface area (Å²) in [5.74, 6) is 2.03. The second-order valence-electron chi connectivity index (χ2n) is 13.5. The fourth-order valence-electron chi connectivity index (χ4n) is 6.25. The van der Waals surface area contributed by atoms with Crippen LogP contribution in [0.25, 0.3) is 22.7 Å². The van der Waals surface area contributed by atoms with Crippen LogP contribution in [0.15, 0.2) is 101 Å². The summed E-state index contributed by atoms with van der Waals surface area (Å²) in [7, 11) is 0. The van der Waals surface area contributed by atoms with Crippen LogP contribution in [0.1, 0.15) is 30.7 Å². The number of phenols is 1. The van der Waals surface area contributed by atoms with E-state index >= 15 is 0 Å². The number of carbonyl (C=O) groups excluding carboxylic acids is 1. The van der Waals surface area contributed by atoms with Crippen molar-refractivity contribution in [2.75, 3.05) is 43.6 Å². The third-order valence-corrected chi connectivity index (χ3v) is 11.4. The van der Waals surface area contributed by atoms with E-state index in [9.17, 15) is 9.90 Å². The lowest BCUT2D eigenvalue weighted by Gasteiger charge is -2.26. The number of amides is 2. The van der Waals surface area contributed by atoms with E-state index in [0.29, 0.717) is 34.4 Å². The number of fused-ring (bicyclic) bond motifs is 1. The van der Waals surface area contributed by atoms with Crippen molar-refractivity contribution >= 4 is 52.6 Å². The minimum absolute atomic E-state index is 0.0664. The van der Waals surface area contributed by atoms with Crippen molar-refractivity contribution in [3.8, 4) is 22.8 Å². The summed E-state index contributed by atoms with van der Waals surface area (Å²) in [6, 6.07) is 26.6. The van der Waals surface area contributed by atoms with Crippen LogP contribution >= 0.6 is 35.1 Å². The van der Waals surface area contributed by atoms with Crippen molar-refractivity contribution in [3.05, 3.63) is 113 Å². The molecule has 4 heterocycles. The van der Waals surface area contributed by atoms with E-state index in [1.807, 2.05) is 69.9 Å². The number of benzene rings is 3. The summed E-state index contributed by atoms with van der Waals surface area (Å²) in [5, 5.41) is 30.8. The molecule has 274 valence electrons. The number of hydrogen-bond acceptors (Lipinski definition) is 9. The van der Waals surface area contributed by atoms with Gasteiger partial charge in [0.1, 0.15) is 11.6 Å². The molecule has 3 N–H and O–H groups in total. The van der Waals surface area contributed by atoms with E-state index in [1.165, 1.54) is 5.56 Å². The molecule has 0 saturated carbocycles. The van der Waals surface area contributed by atoms with Gasteiger partial charge in [-0.3, -0.25) is 14.6 Å². The topological polar surface area (TPSA) is 122 Å². The first-order valence-electron chi connectivity index (χ1n) is 17.3. The van der Waals surface area contributed by atoms with Gasteiger partial charge in [-0.15, -0.1) is 10.2 Å². The highest BCUT2D eigenvalue weighted by Crippen LogP contribution is 2.35. The molecular weight excluding hydrogens is 728 g/mol. The highest BCUT2D eigenvalue weighted by molar-refractivity contribution is 7.99.